The largest absolute Gasteiger partial charge is 0.494 e. The highest BCUT2D eigenvalue weighted by molar-refractivity contribution is 6.31. The topological polar surface area (TPSA) is 74.4 Å². The second-order valence-corrected chi connectivity index (χ2v) is 9.06. The molecular weight excluding hydrogens is 438 g/mol. The van der Waals surface area contributed by atoms with Crippen molar-refractivity contribution in [1.82, 2.24) is 15.2 Å². The molecule has 1 aromatic heterocycles. The van der Waals surface area contributed by atoms with E-state index in [0.717, 1.165) is 35.1 Å². The summed E-state index contributed by atoms with van der Waals surface area (Å²) in [6, 6.07) is 15.2. The van der Waals surface area contributed by atoms with E-state index in [1.54, 1.807) is 0 Å². The number of nitrogens with one attached hydrogen (secondary N) is 2. The minimum absolute atomic E-state index is 0.00613. The second-order valence-electron chi connectivity index (χ2n) is 8.63. The number of hydrogen-bond acceptors (Lipinski definition) is 3. The zero-order valence-corrected chi connectivity index (χ0v) is 19.8. The molecule has 2 amide bonds. The van der Waals surface area contributed by atoms with Gasteiger partial charge in [-0.25, -0.2) is 0 Å². The number of benzene rings is 2. The monoisotopic (exact) mass is 467 g/mol. The maximum absolute atomic E-state index is 13.0. The van der Waals surface area contributed by atoms with Crippen LogP contribution in [0.2, 0.25) is 5.02 Å². The molecule has 7 heteroatoms. The van der Waals surface area contributed by atoms with E-state index in [1.165, 1.54) is 0 Å². The summed E-state index contributed by atoms with van der Waals surface area (Å²) in [5.41, 5.74) is 2.52. The molecule has 0 spiro atoms. The van der Waals surface area contributed by atoms with Gasteiger partial charge in [0.2, 0.25) is 5.91 Å². The number of nitrogens with zero attached hydrogens (tertiary/aromatic N) is 1. The quantitative estimate of drug-likeness (QED) is 0.512. The molecule has 1 atom stereocenters. The fourth-order valence-electron chi connectivity index (χ4n) is 4.43. The van der Waals surface area contributed by atoms with E-state index in [0.29, 0.717) is 37.0 Å². The first kappa shape index (κ1) is 23.2. The third-order valence-corrected chi connectivity index (χ3v) is 6.70. The molecule has 0 aliphatic carbocycles. The summed E-state index contributed by atoms with van der Waals surface area (Å²) >= 11 is 6.06. The Morgan fingerprint density at radius 3 is 2.58 bits per heavy atom. The lowest BCUT2D eigenvalue weighted by Crippen LogP contribution is -2.42. The number of halogens is 1. The van der Waals surface area contributed by atoms with Gasteiger partial charge in [0.15, 0.2) is 0 Å². The van der Waals surface area contributed by atoms with Crippen LogP contribution in [0.15, 0.2) is 48.5 Å². The van der Waals surface area contributed by atoms with Crippen LogP contribution in [-0.2, 0) is 11.3 Å². The number of H-pyrrole nitrogens is 1. The van der Waals surface area contributed by atoms with Crippen LogP contribution in [0.4, 0.5) is 0 Å². The molecule has 1 aliphatic heterocycles. The smallest absolute Gasteiger partial charge is 0.270 e. The molecule has 2 N–H and O–H groups in total. The Labute approximate surface area is 199 Å². The first-order chi connectivity index (χ1) is 15.9. The van der Waals surface area contributed by atoms with Crippen LogP contribution in [-0.4, -0.2) is 41.4 Å². The van der Waals surface area contributed by atoms with Crippen LogP contribution in [0.1, 0.15) is 42.7 Å². The number of carbonyl (C=O) groups is 2. The van der Waals surface area contributed by atoms with Crippen molar-refractivity contribution in [1.29, 1.82) is 0 Å². The summed E-state index contributed by atoms with van der Waals surface area (Å²) in [5.74, 6) is 1.05. The lowest BCUT2D eigenvalue weighted by Gasteiger charge is -2.34. The number of hydrogen-bond donors (Lipinski definition) is 2. The average Bonchev–Trinajstić information content (AvgIpc) is 3.26. The van der Waals surface area contributed by atoms with Gasteiger partial charge in [-0.1, -0.05) is 30.7 Å². The van der Waals surface area contributed by atoms with Gasteiger partial charge in [0.1, 0.15) is 11.4 Å². The molecule has 174 valence electrons. The zero-order valence-electron chi connectivity index (χ0n) is 19.1. The number of carbonyl (C=O) groups excluding carboxylic acids is 2. The van der Waals surface area contributed by atoms with E-state index in [4.69, 9.17) is 16.3 Å². The highest BCUT2D eigenvalue weighted by Gasteiger charge is 2.30. The molecule has 1 fully saturated rings. The molecule has 6 nitrogen and oxygen atoms in total. The summed E-state index contributed by atoms with van der Waals surface area (Å²) < 4.78 is 5.46. The van der Waals surface area contributed by atoms with Crippen molar-refractivity contribution in [2.45, 2.75) is 33.2 Å². The maximum atomic E-state index is 13.0. The molecule has 0 radical (unpaired) electrons. The van der Waals surface area contributed by atoms with Crippen molar-refractivity contribution in [3.8, 4) is 5.75 Å². The number of amides is 2. The molecule has 3 aromatic rings. The number of likely N-dealkylation sites (tertiary alicyclic amines) is 1. The first-order valence-electron chi connectivity index (χ1n) is 11.5. The van der Waals surface area contributed by atoms with Crippen molar-refractivity contribution in [2.24, 2.45) is 11.8 Å². The summed E-state index contributed by atoms with van der Waals surface area (Å²) in [4.78, 5) is 30.7. The number of rotatable bonds is 7. The summed E-state index contributed by atoms with van der Waals surface area (Å²) in [6.45, 7) is 6.36. The number of fused-ring (bicyclic) bond motifs is 1. The number of ether oxygens (including phenoxy) is 1. The van der Waals surface area contributed by atoms with E-state index >= 15 is 0 Å². The Hall–Kier alpha value is -2.99. The van der Waals surface area contributed by atoms with Gasteiger partial charge in [-0.05, 0) is 67.6 Å². The summed E-state index contributed by atoms with van der Waals surface area (Å²) in [5, 5.41) is 4.63. The Balaban J connectivity index is 1.27. The van der Waals surface area contributed by atoms with Crippen LogP contribution in [0.3, 0.4) is 0 Å². The van der Waals surface area contributed by atoms with Crippen molar-refractivity contribution >= 4 is 34.3 Å². The first-order valence-corrected chi connectivity index (χ1v) is 11.9. The minimum atomic E-state index is -0.0971. The van der Waals surface area contributed by atoms with Gasteiger partial charge < -0.3 is 19.9 Å². The third kappa shape index (κ3) is 5.50. The number of aromatic nitrogens is 1. The van der Waals surface area contributed by atoms with Gasteiger partial charge in [0, 0.05) is 41.5 Å². The lowest BCUT2D eigenvalue weighted by molar-refractivity contribution is -0.126. The third-order valence-electron chi connectivity index (χ3n) is 6.46. The SMILES string of the molecule is CCOc1ccc(CNC(=O)[C@@H](C)C2CCN(C(=O)c3cc4cc(Cl)ccc4[nH]3)CC2)cc1. The highest BCUT2D eigenvalue weighted by Crippen LogP contribution is 2.27. The molecule has 1 saturated heterocycles. The fraction of sp³-hybridized carbons (Fsp3) is 0.385. The minimum Gasteiger partial charge on any atom is -0.494 e. The van der Waals surface area contributed by atoms with Crippen LogP contribution in [0.5, 0.6) is 5.75 Å². The molecule has 1 aliphatic rings. The molecule has 0 bridgehead atoms. The Kier molecular flexibility index (Phi) is 7.23. The lowest BCUT2D eigenvalue weighted by atomic mass is 9.84. The fourth-order valence-corrected chi connectivity index (χ4v) is 4.61. The van der Waals surface area contributed by atoms with Gasteiger partial charge in [-0.2, -0.15) is 0 Å². The normalized spacial score (nSPS) is 15.4. The molecule has 2 aromatic carbocycles. The van der Waals surface area contributed by atoms with Crippen LogP contribution < -0.4 is 10.1 Å². The molecule has 4 rings (SSSR count). The van der Waals surface area contributed by atoms with Crippen LogP contribution in [0.25, 0.3) is 10.9 Å². The van der Waals surface area contributed by atoms with E-state index in [2.05, 4.69) is 10.3 Å². The van der Waals surface area contributed by atoms with Gasteiger partial charge in [-0.3, -0.25) is 9.59 Å². The summed E-state index contributed by atoms with van der Waals surface area (Å²) in [6.07, 6.45) is 1.63. The van der Waals surface area contributed by atoms with Gasteiger partial charge in [0.25, 0.3) is 5.91 Å². The van der Waals surface area contributed by atoms with Crippen molar-refractivity contribution in [2.75, 3.05) is 19.7 Å². The predicted molar refractivity (Wildman–Crippen MR) is 131 cm³/mol. The Morgan fingerprint density at radius 2 is 1.88 bits per heavy atom. The predicted octanol–water partition coefficient (Wildman–Crippen LogP) is 5.02. The average molecular weight is 468 g/mol. The van der Waals surface area contributed by atoms with Crippen molar-refractivity contribution < 1.29 is 14.3 Å². The Morgan fingerprint density at radius 1 is 1.15 bits per heavy atom. The molecule has 0 saturated carbocycles. The summed E-state index contributed by atoms with van der Waals surface area (Å²) in [7, 11) is 0. The van der Waals surface area contributed by atoms with Crippen LogP contribution >= 0.6 is 11.6 Å². The zero-order chi connectivity index (χ0) is 23.4. The molecule has 0 unspecified atom stereocenters. The van der Waals surface area contributed by atoms with E-state index in [-0.39, 0.29) is 23.7 Å². The molecule has 33 heavy (non-hydrogen) atoms. The number of piperidine rings is 1. The maximum Gasteiger partial charge on any atom is 0.270 e. The van der Waals surface area contributed by atoms with E-state index in [9.17, 15) is 9.59 Å². The standard InChI is InChI=1S/C26H30ClN3O3/c1-3-33-22-7-4-18(5-8-22)16-28-25(31)17(2)19-10-12-30(13-11-19)26(32)24-15-20-14-21(27)6-9-23(20)29-24/h4-9,14-15,17,19,29H,3,10-13,16H2,1-2H3,(H,28,31)/t17-/m0/s1. The van der Waals surface area contributed by atoms with Crippen LogP contribution in [0, 0.1) is 11.8 Å². The molecular formula is C26H30ClN3O3. The van der Waals surface area contributed by atoms with E-state index in [1.807, 2.05) is 67.3 Å². The molecule has 2 heterocycles. The van der Waals surface area contributed by atoms with Gasteiger partial charge >= 0.3 is 0 Å². The van der Waals surface area contributed by atoms with Crippen molar-refractivity contribution in [3.05, 3.63) is 64.8 Å². The van der Waals surface area contributed by atoms with Gasteiger partial charge in [0.05, 0.1) is 6.61 Å². The number of aromatic amines is 1. The highest BCUT2D eigenvalue weighted by atomic mass is 35.5. The second kappa shape index (κ2) is 10.3. The van der Waals surface area contributed by atoms with Gasteiger partial charge in [-0.15, -0.1) is 0 Å². The Bertz CT molecular complexity index is 1120. The van der Waals surface area contributed by atoms with E-state index < -0.39 is 0 Å². The van der Waals surface area contributed by atoms with Crippen molar-refractivity contribution in [3.63, 3.8) is 0 Å².